The van der Waals surface area contributed by atoms with Gasteiger partial charge in [0, 0.05) is 6.20 Å². The smallest absolute Gasteiger partial charge is 0.0857 e. The fourth-order valence-electron chi connectivity index (χ4n) is 0.934. The zero-order valence-corrected chi connectivity index (χ0v) is 9.47. The lowest BCUT2D eigenvalue weighted by Crippen LogP contribution is -1.99. The van der Waals surface area contributed by atoms with Gasteiger partial charge in [-0.2, -0.15) is 0 Å². The zero-order valence-electron chi connectivity index (χ0n) is 8.71. The Labute approximate surface area is 89.8 Å². The van der Waals surface area contributed by atoms with Gasteiger partial charge in [-0.3, -0.25) is 4.98 Å². The van der Waals surface area contributed by atoms with E-state index in [0.717, 1.165) is 5.69 Å². The van der Waals surface area contributed by atoms with Crippen LogP contribution in [0, 0.1) is 5.41 Å². The Morgan fingerprint density at radius 1 is 1.43 bits per heavy atom. The highest BCUT2D eigenvalue weighted by Gasteiger charge is 2.05. The van der Waals surface area contributed by atoms with Gasteiger partial charge in [-0.1, -0.05) is 38.4 Å². The van der Waals surface area contributed by atoms with E-state index in [0.29, 0.717) is 10.7 Å². The molecule has 3 heteroatoms. The number of pyridine rings is 1. The summed E-state index contributed by atoms with van der Waals surface area (Å²) in [4.78, 5) is 4.14. The summed E-state index contributed by atoms with van der Waals surface area (Å²) < 4.78 is 0. The number of halogens is 1. The van der Waals surface area contributed by atoms with E-state index < -0.39 is 0 Å². The summed E-state index contributed by atoms with van der Waals surface area (Å²) in [5, 5.41) is 0.565. The maximum Gasteiger partial charge on any atom is 0.0857 e. The predicted molar refractivity (Wildman–Crippen MR) is 62.1 cm³/mol. The number of aromatic nitrogens is 1. The van der Waals surface area contributed by atoms with Crippen molar-refractivity contribution in [2.24, 2.45) is 5.41 Å². The molecule has 1 aromatic rings. The van der Waals surface area contributed by atoms with Crippen LogP contribution in [-0.4, -0.2) is 4.98 Å². The molecule has 1 aromatic heterocycles. The van der Waals surface area contributed by atoms with E-state index in [1.807, 2.05) is 6.08 Å². The van der Waals surface area contributed by atoms with Gasteiger partial charge in [-0.15, -0.1) is 0 Å². The number of hydrogen-bond acceptors (Lipinski definition) is 2. The van der Waals surface area contributed by atoms with Crippen LogP contribution in [0.25, 0.3) is 6.08 Å². The van der Waals surface area contributed by atoms with E-state index in [4.69, 9.17) is 17.3 Å². The van der Waals surface area contributed by atoms with Crippen LogP contribution < -0.4 is 5.73 Å². The van der Waals surface area contributed by atoms with Gasteiger partial charge in [0.15, 0.2) is 0 Å². The molecule has 0 fully saturated rings. The van der Waals surface area contributed by atoms with Crippen LogP contribution in [0.4, 0.5) is 5.69 Å². The molecule has 0 amide bonds. The normalized spacial score (nSPS) is 12.3. The Morgan fingerprint density at radius 3 is 2.57 bits per heavy atom. The maximum absolute atomic E-state index is 5.75. The third-order valence-electron chi connectivity index (χ3n) is 1.66. The van der Waals surface area contributed by atoms with Crippen molar-refractivity contribution >= 4 is 23.4 Å². The fourth-order valence-corrected chi connectivity index (χ4v) is 1.10. The molecule has 0 atom stereocenters. The number of nitrogen functional groups attached to an aromatic ring is 1. The molecule has 14 heavy (non-hydrogen) atoms. The van der Waals surface area contributed by atoms with Crippen LogP contribution in [0.5, 0.6) is 0 Å². The van der Waals surface area contributed by atoms with E-state index in [9.17, 15) is 0 Å². The minimum absolute atomic E-state index is 0.133. The molecule has 76 valence electrons. The lowest BCUT2D eigenvalue weighted by molar-refractivity contribution is 0.547. The highest BCUT2D eigenvalue weighted by atomic mass is 35.5. The quantitative estimate of drug-likeness (QED) is 0.772. The zero-order chi connectivity index (χ0) is 10.8. The summed E-state index contributed by atoms with van der Waals surface area (Å²) in [6.45, 7) is 6.36. The van der Waals surface area contributed by atoms with Crippen molar-refractivity contribution in [1.82, 2.24) is 4.98 Å². The molecule has 2 N–H and O–H groups in total. The van der Waals surface area contributed by atoms with Crippen LogP contribution in [0.2, 0.25) is 5.02 Å². The van der Waals surface area contributed by atoms with Gasteiger partial charge in [0.25, 0.3) is 0 Å². The van der Waals surface area contributed by atoms with Crippen molar-refractivity contribution < 1.29 is 0 Å². The lowest BCUT2D eigenvalue weighted by Gasteiger charge is -2.11. The Kier molecular flexibility index (Phi) is 3.17. The van der Waals surface area contributed by atoms with Gasteiger partial charge in [0.1, 0.15) is 0 Å². The van der Waals surface area contributed by atoms with E-state index in [1.54, 1.807) is 12.3 Å². The summed E-state index contributed by atoms with van der Waals surface area (Å²) in [5.41, 5.74) is 7.26. The number of anilines is 1. The molecule has 0 radical (unpaired) electrons. The predicted octanol–water partition coefficient (Wildman–Crippen LogP) is 3.38. The molecule has 0 spiro atoms. The summed E-state index contributed by atoms with van der Waals surface area (Å²) in [6, 6.07) is 1.71. The molecular weight excluding hydrogens is 196 g/mol. The van der Waals surface area contributed by atoms with Crippen LogP contribution in [0.1, 0.15) is 26.5 Å². The van der Waals surface area contributed by atoms with Crippen molar-refractivity contribution in [1.29, 1.82) is 0 Å². The van der Waals surface area contributed by atoms with E-state index in [1.165, 1.54) is 0 Å². The average molecular weight is 211 g/mol. The fraction of sp³-hybridized carbons (Fsp3) is 0.364. The summed E-state index contributed by atoms with van der Waals surface area (Å²) in [6.07, 6.45) is 5.59. The topological polar surface area (TPSA) is 38.9 Å². The Balaban J connectivity index is 2.93. The highest BCUT2D eigenvalue weighted by molar-refractivity contribution is 6.30. The molecule has 0 unspecified atom stereocenters. The second kappa shape index (κ2) is 4.01. The molecule has 2 nitrogen and oxygen atoms in total. The molecule has 0 aliphatic heterocycles. The number of nitrogens with two attached hydrogens (primary N) is 1. The molecule has 1 heterocycles. The third-order valence-corrected chi connectivity index (χ3v) is 1.86. The Bertz CT molecular complexity index is 351. The number of hydrogen-bond donors (Lipinski definition) is 1. The second-order valence-corrected chi connectivity index (χ2v) is 4.76. The number of allylic oxidation sites excluding steroid dienone is 1. The minimum atomic E-state index is 0.133. The van der Waals surface area contributed by atoms with E-state index in [-0.39, 0.29) is 5.41 Å². The van der Waals surface area contributed by atoms with Crippen molar-refractivity contribution in [3.63, 3.8) is 0 Å². The molecule has 0 saturated carbocycles. The molecule has 0 bridgehead atoms. The SMILES string of the molecule is CC(C)(C)/C=C/c1ncc(Cl)cc1N. The van der Waals surface area contributed by atoms with E-state index in [2.05, 4.69) is 31.8 Å². The van der Waals surface area contributed by atoms with Crippen molar-refractivity contribution in [2.45, 2.75) is 20.8 Å². The Morgan fingerprint density at radius 2 is 2.07 bits per heavy atom. The van der Waals surface area contributed by atoms with Gasteiger partial charge in [-0.25, -0.2) is 0 Å². The van der Waals surface area contributed by atoms with Gasteiger partial charge >= 0.3 is 0 Å². The average Bonchev–Trinajstić information content (AvgIpc) is 2.00. The molecule has 0 aromatic carbocycles. The second-order valence-electron chi connectivity index (χ2n) is 4.33. The van der Waals surface area contributed by atoms with Crippen molar-refractivity contribution in [2.75, 3.05) is 5.73 Å². The number of rotatable bonds is 1. The summed E-state index contributed by atoms with van der Waals surface area (Å²) >= 11 is 5.74. The van der Waals surface area contributed by atoms with Crippen LogP contribution >= 0.6 is 11.6 Å². The van der Waals surface area contributed by atoms with Crippen LogP contribution in [0.15, 0.2) is 18.3 Å². The van der Waals surface area contributed by atoms with Crippen LogP contribution in [0.3, 0.4) is 0 Å². The standard InChI is InChI=1S/C11H15ClN2/c1-11(2,3)5-4-10-9(13)6-8(12)7-14-10/h4-7H,13H2,1-3H3/b5-4+. The lowest BCUT2D eigenvalue weighted by atomic mass is 9.96. The monoisotopic (exact) mass is 210 g/mol. The first-order chi connectivity index (χ1) is 6.38. The number of nitrogens with zero attached hydrogens (tertiary/aromatic N) is 1. The third kappa shape index (κ3) is 3.38. The maximum atomic E-state index is 5.75. The van der Waals surface area contributed by atoms with Crippen molar-refractivity contribution in [3.05, 3.63) is 29.1 Å². The summed E-state index contributed by atoms with van der Waals surface area (Å²) in [5.74, 6) is 0. The molecule has 0 aliphatic carbocycles. The molecule has 1 rings (SSSR count). The first kappa shape index (κ1) is 11.1. The largest absolute Gasteiger partial charge is 0.397 e. The Hall–Kier alpha value is -1.02. The first-order valence-corrected chi connectivity index (χ1v) is 4.86. The molecule has 0 saturated heterocycles. The first-order valence-electron chi connectivity index (χ1n) is 4.49. The van der Waals surface area contributed by atoms with Crippen LogP contribution in [-0.2, 0) is 0 Å². The van der Waals surface area contributed by atoms with Gasteiger partial charge in [0.05, 0.1) is 16.4 Å². The van der Waals surface area contributed by atoms with E-state index >= 15 is 0 Å². The van der Waals surface area contributed by atoms with Gasteiger partial charge in [-0.05, 0) is 17.6 Å². The van der Waals surface area contributed by atoms with Crippen molar-refractivity contribution in [3.8, 4) is 0 Å². The summed E-state index contributed by atoms with van der Waals surface area (Å²) in [7, 11) is 0. The van der Waals surface area contributed by atoms with Gasteiger partial charge in [0.2, 0.25) is 0 Å². The molecular formula is C11H15ClN2. The molecule has 0 aliphatic rings. The highest BCUT2D eigenvalue weighted by Crippen LogP contribution is 2.20. The minimum Gasteiger partial charge on any atom is -0.397 e. The van der Waals surface area contributed by atoms with Gasteiger partial charge < -0.3 is 5.73 Å².